The number of carbonyl (C=O) groups is 4. The average molecular weight is 679 g/mol. The van der Waals surface area contributed by atoms with Gasteiger partial charge in [0.15, 0.2) is 0 Å². The van der Waals surface area contributed by atoms with Gasteiger partial charge in [-0.25, -0.2) is 0 Å². The van der Waals surface area contributed by atoms with Gasteiger partial charge in [-0.05, 0) is 11.1 Å². The third kappa shape index (κ3) is 16.7. The summed E-state index contributed by atoms with van der Waals surface area (Å²) in [5, 5.41) is 44.3. The van der Waals surface area contributed by atoms with Crippen molar-refractivity contribution in [3.63, 3.8) is 0 Å². The topological polar surface area (TPSA) is 193 Å². The van der Waals surface area contributed by atoms with E-state index >= 15 is 0 Å². The highest BCUT2D eigenvalue weighted by Gasteiger charge is 2.19. The Kier molecular flexibility index (Phi) is 17.7. The van der Waals surface area contributed by atoms with Crippen molar-refractivity contribution in [2.24, 2.45) is 0 Å². The third-order valence-corrected chi connectivity index (χ3v) is 8.59. The first-order chi connectivity index (χ1) is 23.0. The number of aliphatic carboxylic acids is 4. The molecule has 2 saturated heterocycles. The molecule has 2 aliphatic heterocycles. The predicted octanol–water partition coefficient (Wildman–Crippen LogP) is -1.96. The summed E-state index contributed by atoms with van der Waals surface area (Å²) in [6, 6.07) is 8.27. The largest absolute Gasteiger partial charge is 0.480 e. The molecule has 48 heavy (non-hydrogen) atoms. The number of benzene rings is 1. The van der Waals surface area contributed by atoms with Gasteiger partial charge in [0.1, 0.15) is 0 Å². The highest BCUT2D eigenvalue weighted by Crippen LogP contribution is 2.13. The SMILES string of the molecule is O=C(O)CN1CCNCCN(CC(=O)O)CCN(Cc2cccc(CN3CCN(CC(=O)O)CCNCCN(CC(=O)O)CC3)c2)CC1. The minimum Gasteiger partial charge on any atom is -0.480 e. The molecule has 16 nitrogen and oxygen atoms in total. The first kappa shape index (κ1) is 39.2. The zero-order chi connectivity index (χ0) is 34.7. The van der Waals surface area contributed by atoms with Gasteiger partial charge in [0, 0.05) is 118 Å². The fraction of sp³-hybridized carbons (Fsp3) is 0.688. The first-order valence-electron chi connectivity index (χ1n) is 16.8. The molecule has 0 atom stereocenters. The molecule has 0 saturated carbocycles. The summed E-state index contributed by atoms with van der Waals surface area (Å²) in [6.07, 6.45) is 0. The fourth-order valence-electron chi connectivity index (χ4n) is 6.06. The van der Waals surface area contributed by atoms with Gasteiger partial charge >= 0.3 is 23.9 Å². The molecule has 0 amide bonds. The van der Waals surface area contributed by atoms with Crippen LogP contribution in [0.4, 0.5) is 0 Å². The van der Waals surface area contributed by atoms with Crippen LogP contribution in [0.2, 0.25) is 0 Å². The number of hydrogen-bond acceptors (Lipinski definition) is 12. The van der Waals surface area contributed by atoms with Crippen molar-refractivity contribution in [3.05, 3.63) is 35.4 Å². The lowest BCUT2D eigenvalue weighted by Gasteiger charge is -2.31. The number of nitrogens with one attached hydrogen (secondary N) is 2. The number of hydrogen-bond donors (Lipinski definition) is 6. The molecule has 3 rings (SSSR count). The van der Waals surface area contributed by atoms with Crippen molar-refractivity contribution in [1.29, 1.82) is 0 Å². The van der Waals surface area contributed by atoms with Crippen molar-refractivity contribution in [2.45, 2.75) is 13.1 Å². The van der Waals surface area contributed by atoms with Gasteiger partial charge in [0.25, 0.3) is 0 Å². The smallest absolute Gasteiger partial charge is 0.317 e. The average Bonchev–Trinajstić information content (AvgIpc) is 3.00. The zero-order valence-electron chi connectivity index (χ0n) is 28.0. The predicted molar refractivity (Wildman–Crippen MR) is 179 cm³/mol. The summed E-state index contributed by atoms with van der Waals surface area (Å²) in [7, 11) is 0. The van der Waals surface area contributed by atoms with Crippen LogP contribution in [-0.4, -0.2) is 205 Å². The minimum absolute atomic E-state index is 0.0454. The van der Waals surface area contributed by atoms with Gasteiger partial charge in [-0.3, -0.25) is 48.6 Å². The molecule has 0 unspecified atom stereocenters. The molecule has 0 aromatic heterocycles. The summed E-state index contributed by atoms with van der Waals surface area (Å²) in [5.74, 6) is -3.48. The lowest BCUT2D eigenvalue weighted by atomic mass is 10.1. The lowest BCUT2D eigenvalue weighted by molar-refractivity contribution is -0.139. The van der Waals surface area contributed by atoms with Gasteiger partial charge in [-0.15, -0.1) is 0 Å². The molecule has 0 radical (unpaired) electrons. The second-order valence-electron chi connectivity index (χ2n) is 12.6. The van der Waals surface area contributed by atoms with Gasteiger partial charge in [-0.2, -0.15) is 0 Å². The van der Waals surface area contributed by atoms with Gasteiger partial charge in [0.2, 0.25) is 0 Å². The molecule has 1 aromatic carbocycles. The molecule has 6 N–H and O–H groups in total. The Morgan fingerprint density at radius 1 is 0.458 bits per heavy atom. The van der Waals surface area contributed by atoms with E-state index in [2.05, 4.69) is 38.6 Å². The summed E-state index contributed by atoms with van der Waals surface area (Å²) in [5.41, 5.74) is 2.16. The Morgan fingerprint density at radius 3 is 1.00 bits per heavy atom. The number of nitrogens with zero attached hydrogens (tertiary/aromatic N) is 6. The van der Waals surface area contributed by atoms with E-state index in [9.17, 15) is 39.6 Å². The van der Waals surface area contributed by atoms with E-state index < -0.39 is 23.9 Å². The molecule has 2 heterocycles. The van der Waals surface area contributed by atoms with Crippen LogP contribution >= 0.6 is 0 Å². The van der Waals surface area contributed by atoms with E-state index in [-0.39, 0.29) is 26.2 Å². The minimum atomic E-state index is -0.871. The van der Waals surface area contributed by atoms with E-state index in [4.69, 9.17) is 0 Å². The Bertz CT molecular complexity index is 1020. The van der Waals surface area contributed by atoms with Crippen molar-refractivity contribution < 1.29 is 39.6 Å². The molecular weight excluding hydrogens is 624 g/mol. The molecule has 1 aromatic rings. The maximum atomic E-state index is 11.5. The van der Waals surface area contributed by atoms with Crippen molar-refractivity contribution >= 4 is 23.9 Å². The van der Waals surface area contributed by atoms with Crippen LogP contribution in [-0.2, 0) is 32.3 Å². The third-order valence-electron chi connectivity index (χ3n) is 8.59. The Hall–Kier alpha value is -3.22. The molecule has 0 spiro atoms. The zero-order valence-corrected chi connectivity index (χ0v) is 28.0. The molecule has 270 valence electrons. The van der Waals surface area contributed by atoms with Gasteiger partial charge in [0.05, 0.1) is 26.2 Å². The van der Waals surface area contributed by atoms with Crippen molar-refractivity contribution in [3.8, 4) is 0 Å². The van der Waals surface area contributed by atoms with Gasteiger partial charge in [-0.1, -0.05) is 24.3 Å². The summed E-state index contributed by atoms with van der Waals surface area (Å²) >= 11 is 0. The normalized spacial score (nSPS) is 20.5. The van der Waals surface area contributed by atoms with Crippen LogP contribution in [0.3, 0.4) is 0 Å². The highest BCUT2D eigenvalue weighted by atomic mass is 16.4. The van der Waals surface area contributed by atoms with E-state index in [0.717, 1.165) is 11.1 Å². The molecule has 0 aliphatic carbocycles. The number of rotatable bonds is 12. The van der Waals surface area contributed by atoms with Crippen LogP contribution in [0.1, 0.15) is 11.1 Å². The lowest BCUT2D eigenvalue weighted by Crippen LogP contribution is -2.46. The standard InChI is InChI=1S/C32H54N8O8/c41-29(42)23-35-8-4-33-5-9-36(24-30(43)44)13-17-39(16-12-35)21-27-2-1-3-28(20-27)22-40-18-14-37(25-31(45)46)10-6-34-7-11-38(15-19-40)26-32(47)48/h1-3,20,33-34H,4-19,21-26H2,(H,41,42)(H,43,44)(H,45,46)(H,47,48). The quantitative estimate of drug-likeness (QED) is 0.143. The summed E-state index contributed by atoms with van der Waals surface area (Å²) in [6.45, 7) is 10.6. The van der Waals surface area contributed by atoms with Crippen LogP contribution in [0.25, 0.3) is 0 Å². The molecular formula is C32H54N8O8. The maximum absolute atomic E-state index is 11.5. The Labute approximate surface area is 282 Å². The molecule has 0 bridgehead atoms. The van der Waals surface area contributed by atoms with Crippen LogP contribution in [0.15, 0.2) is 24.3 Å². The molecule has 2 fully saturated rings. The number of carboxylic acid groups (broad SMARTS) is 4. The van der Waals surface area contributed by atoms with Gasteiger partial charge < -0.3 is 31.1 Å². The van der Waals surface area contributed by atoms with E-state index in [1.54, 1.807) is 0 Å². The second-order valence-corrected chi connectivity index (χ2v) is 12.6. The van der Waals surface area contributed by atoms with Crippen LogP contribution in [0, 0.1) is 0 Å². The van der Waals surface area contributed by atoms with Crippen molar-refractivity contribution in [2.75, 3.05) is 131 Å². The highest BCUT2D eigenvalue weighted by molar-refractivity contribution is 5.70. The van der Waals surface area contributed by atoms with Crippen LogP contribution in [0.5, 0.6) is 0 Å². The number of carboxylic acids is 4. The molecule has 2 aliphatic rings. The van der Waals surface area contributed by atoms with Crippen molar-refractivity contribution in [1.82, 2.24) is 40.0 Å². The Morgan fingerprint density at radius 2 is 0.729 bits per heavy atom. The second kappa shape index (κ2) is 21.7. The monoisotopic (exact) mass is 678 g/mol. The summed E-state index contributed by atoms with van der Waals surface area (Å²) in [4.78, 5) is 58.2. The van der Waals surface area contributed by atoms with Crippen LogP contribution < -0.4 is 10.6 Å². The maximum Gasteiger partial charge on any atom is 0.317 e. The summed E-state index contributed by atoms with van der Waals surface area (Å²) < 4.78 is 0. The Balaban J connectivity index is 1.74. The van der Waals surface area contributed by atoms with E-state index in [0.29, 0.717) is 118 Å². The fourth-order valence-corrected chi connectivity index (χ4v) is 6.06. The molecule has 16 heteroatoms. The first-order valence-corrected chi connectivity index (χ1v) is 16.8. The van der Waals surface area contributed by atoms with E-state index in [1.807, 2.05) is 25.7 Å². The van der Waals surface area contributed by atoms with E-state index in [1.165, 1.54) is 0 Å².